The number of β-amino-alcohol motifs (C(OH)–C–C–N with tert-alkyl or cyclic N) is 1. The zero-order valence-corrected chi connectivity index (χ0v) is 20.6. The fourth-order valence-corrected chi connectivity index (χ4v) is 3.68. The molecule has 1 saturated heterocycles. The van der Waals surface area contributed by atoms with E-state index in [2.05, 4.69) is 16.0 Å². The van der Waals surface area contributed by atoms with Crippen LogP contribution in [0.25, 0.3) is 0 Å². The minimum atomic E-state index is -1.03. The second kappa shape index (κ2) is 12.0. The van der Waals surface area contributed by atoms with Crippen molar-refractivity contribution in [2.75, 3.05) is 18.4 Å². The van der Waals surface area contributed by atoms with Crippen LogP contribution in [0.5, 0.6) is 0 Å². The van der Waals surface area contributed by atoms with Crippen LogP contribution in [0.3, 0.4) is 0 Å². The fourth-order valence-electron chi connectivity index (χ4n) is 3.68. The summed E-state index contributed by atoms with van der Waals surface area (Å²) in [7, 11) is 0. The average Bonchev–Trinajstić information content (AvgIpc) is 2.89. The first-order valence-corrected chi connectivity index (χ1v) is 11.6. The number of urea groups is 1. The van der Waals surface area contributed by atoms with Crippen molar-refractivity contribution in [1.82, 2.24) is 15.5 Å². The van der Waals surface area contributed by atoms with Crippen LogP contribution in [0, 0.1) is 11.7 Å². The van der Waals surface area contributed by atoms with Crippen LogP contribution in [0.2, 0.25) is 0 Å². The molecular weight excluding hydrogens is 443 g/mol. The molecule has 0 aromatic heterocycles. The number of benzene rings is 1. The van der Waals surface area contributed by atoms with Crippen LogP contribution in [0.4, 0.5) is 19.7 Å². The largest absolute Gasteiger partial charge is 0.444 e. The molecule has 0 aliphatic carbocycles. The van der Waals surface area contributed by atoms with Crippen LogP contribution >= 0.6 is 0 Å². The summed E-state index contributed by atoms with van der Waals surface area (Å²) >= 11 is 0. The van der Waals surface area contributed by atoms with Gasteiger partial charge in [0.15, 0.2) is 0 Å². The third kappa shape index (κ3) is 8.81. The maximum absolute atomic E-state index is 13.9. The molecule has 4 N–H and O–H groups in total. The van der Waals surface area contributed by atoms with Gasteiger partial charge in [-0.05, 0) is 58.1 Å². The number of likely N-dealkylation sites (tertiary alicyclic amines) is 1. The number of hydrogen-bond acceptors (Lipinski definition) is 5. The number of para-hydroxylation sites is 1. The monoisotopic (exact) mass is 480 g/mol. The molecule has 0 saturated carbocycles. The average molecular weight is 481 g/mol. The predicted octanol–water partition coefficient (Wildman–Crippen LogP) is 3.24. The number of nitrogens with one attached hydrogen (secondary N) is 3. The molecule has 1 aromatic carbocycles. The Kier molecular flexibility index (Phi) is 9.66. The maximum Gasteiger partial charge on any atom is 0.408 e. The van der Waals surface area contributed by atoms with Gasteiger partial charge in [0, 0.05) is 6.54 Å². The highest BCUT2D eigenvalue weighted by Gasteiger charge is 2.32. The zero-order valence-electron chi connectivity index (χ0n) is 20.6. The van der Waals surface area contributed by atoms with Crippen LogP contribution < -0.4 is 16.0 Å². The van der Waals surface area contributed by atoms with Gasteiger partial charge in [0.1, 0.15) is 17.5 Å². The van der Waals surface area contributed by atoms with Gasteiger partial charge in [-0.3, -0.25) is 4.79 Å². The number of alkyl carbamates (subject to hydrolysis) is 1. The lowest BCUT2D eigenvalue weighted by Crippen LogP contribution is -2.54. The number of anilines is 1. The second-order valence-corrected chi connectivity index (χ2v) is 10.0. The first-order chi connectivity index (χ1) is 15.9. The molecule has 3 atom stereocenters. The van der Waals surface area contributed by atoms with Gasteiger partial charge >= 0.3 is 12.1 Å². The molecule has 1 heterocycles. The first-order valence-electron chi connectivity index (χ1n) is 11.6. The molecule has 0 radical (unpaired) electrons. The van der Waals surface area contributed by atoms with E-state index < -0.39 is 47.6 Å². The van der Waals surface area contributed by atoms with Crippen LogP contribution in [-0.2, 0) is 9.53 Å². The van der Waals surface area contributed by atoms with Crippen molar-refractivity contribution in [1.29, 1.82) is 0 Å². The third-order valence-corrected chi connectivity index (χ3v) is 5.26. The van der Waals surface area contributed by atoms with Crippen LogP contribution in [0.1, 0.15) is 53.9 Å². The number of rotatable bonds is 6. The van der Waals surface area contributed by atoms with Gasteiger partial charge in [0.25, 0.3) is 0 Å². The summed E-state index contributed by atoms with van der Waals surface area (Å²) in [4.78, 5) is 39.2. The first kappa shape index (κ1) is 27.4. The van der Waals surface area contributed by atoms with Gasteiger partial charge < -0.3 is 30.7 Å². The number of carbonyl (C=O) groups excluding carboxylic acids is 3. The number of aliphatic hydroxyl groups is 1. The Hall–Kier alpha value is -2.88. The van der Waals surface area contributed by atoms with Gasteiger partial charge in [0.2, 0.25) is 5.91 Å². The second-order valence-electron chi connectivity index (χ2n) is 10.0. The Morgan fingerprint density at radius 3 is 2.53 bits per heavy atom. The van der Waals surface area contributed by atoms with E-state index in [0.717, 1.165) is 0 Å². The summed E-state index contributed by atoms with van der Waals surface area (Å²) in [5.41, 5.74) is -0.645. The number of ether oxygens (including phenoxy) is 1. The molecule has 0 spiro atoms. The lowest BCUT2D eigenvalue weighted by Gasteiger charge is -2.28. The summed E-state index contributed by atoms with van der Waals surface area (Å²) in [6.07, 6.45) is -0.353. The van der Waals surface area contributed by atoms with Crippen molar-refractivity contribution >= 4 is 23.7 Å². The summed E-state index contributed by atoms with van der Waals surface area (Å²) < 4.78 is 19.1. The minimum Gasteiger partial charge on any atom is -0.444 e. The molecule has 2 rings (SSSR count). The summed E-state index contributed by atoms with van der Waals surface area (Å²) in [6, 6.07) is 3.88. The number of amides is 4. The molecular formula is C24H37FN4O5. The van der Waals surface area contributed by atoms with Crippen LogP contribution in [0.15, 0.2) is 24.3 Å². The van der Waals surface area contributed by atoms with Crippen molar-refractivity contribution in [3.63, 3.8) is 0 Å². The maximum atomic E-state index is 13.9. The van der Waals surface area contributed by atoms with Gasteiger partial charge in [-0.15, -0.1) is 0 Å². The topological polar surface area (TPSA) is 120 Å². The third-order valence-electron chi connectivity index (χ3n) is 5.26. The Morgan fingerprint density at radius 2 is 1.91 bits per heavy atom. The minimum absolute atomic E-state index is 0.0282. The Balaban J connectivity index is 1.99. The number of nitrogens with zero attached hydrogens (tertiary/aromatic N) is 1. The molecule has 0 bridgehead atoms. The number of carbonyl (C=O) groups is 3. The molecule has 190 valence electrons. The lowest BCUT2D eigenvalue weighted by atomic mass is 10.0. The lowest BCUT2D eigenvalue weighted by molar-refractivity contribution is -0.125. The molecule has 1 aliphatic rings. The van der Waals surface area contributed by atoms with Crippen molar-refractivity contribution in [3.8, 4) is 0 Å². The van der Waals surface area contributed by atoms with Crippen molar-refractivity contribution in [2.45, 2.75) is 77.7 Å². The van der Waals surface area contributed by atoms with E-state index in [9.17, 15) is 23.9 Å². The SMILES string of the molecule is CC(C)C[C@H](NC(=O)OC(C)(C)C)C(=O)NC1CCCN(C(=O)Nc2ccccc2F)CC1O. The van der Waals surface area contributed by atoms with E-state index in [1.807, 2.05) is 13.8 Å². The molecule has 1 fully saturated rings. The van der Waals surface area contributed by atoms with E-state index in [4.69, 9.17) is 4.74 Å². The highest BCUT2D eigenvalue weighted by atomic mass is 19.1. The number of halogens is 1. The smallest absolute Gasteiger partial charge is 0.408 e. The van der Waals surface area contributed by atoms with Crippen molar-refractivity contribution in [3.05, 3.63) is 30.1 Å². The molecule has 34 heavy (non-hydrogen) atoms. The number of aliphatic hydroxyl groups excluding tert-OH is 1. The summed E-state index contributed by atoms with van der Waals surface area (Å²) in [5.74, 6) is -0.847. The Labute approximate surface area is 200 Å². The summed E-state index contributed by atoms with van der Waals surface area (Å²) in [5, 5.41) is 18.7. The summed E-state index contributed by atoms with van der Waals surface area (Å²) in [6.45, 7) is 9.39. The molecule has 1 aromatic rings. The quantitative estimate of drug-likeness (QED) is 0.498. The Bertz CT molecular complexity index is 858. The van der Waals surface area contributed by atoms with Gasteiger partial charge in [0.05, 0.1) is 24.4 Å². The van der Waals surface area contributed by atoms with Gasteiger partial charge in [-0.1, -0.05) is 26.0 Å². The predicted molar refractivity (Wildman–Crippen MR) is 127 cm³/mol. The molecule has 1 aliphatic heterocycles. The molecule has 9 nitrogen and oxygen atoms in total. The van der Waals surface area contributed by atoms with Gasteiger partial charge in [-0.2, -0.15) is 0 Å². The number of hydrogen-bond donors (Lipinski definition) is 4. The highest BCUT2D eigenvalue weighted by Crippen LogP contribution is 2.17. The van der Waals surface area contributed by atoms with Crippen molar-refractivity contribution < 1.29 is 28.6 Å². The molecule has 4 amide bonds. The zero-order chi connectivity index (χ0) is 25.5. The normalized spacial score (nSPS) is 19.7. The van der Waals surface area contributed by atoms with Crippen molar-refractivity contribution in [2.24, 2.45) is 5.92 Å². The van der Waals surface area contributed by atoms with Gasteiger partial charge in [-0.25, -0.2) is 14.0 Å². The van der Waals surface area contributed by atoms with E-state index in [-0.39, 0.29) is 18.2 Å². The Morgan fingerprint density at radius 1 is 1.24 bits per heavy atom. The standard InChI is InChI=1S/C24H37FN4O5/c1-15(2)13-19(28-23(33)34-24(3,4)5)21(31)26-18-11-8-12-29(14-20(18)30)22(32)27-17-10-7-6-9-16(17)25/h6-7,9-10,15,18-20,30H,8,11-14H2,1-5H3,(H,26,31)(H,27,32)(H,28,33)/t18?,19-,20?/m0/s1. The van der Waals surface area contributed by atoms with E-state index >= 15 is 0 Å². The van der Waals surface area contributed by atoms with E-state index in [0.29, 0.717) is 25.8 Å². The fraction of sp³-hybridized carbons (Fsp3) is 0.625. The van der Waals surface area contributed by atoms with E-state index in [1.54, 1.807) is 26.8 Å². The molecule has 2 unspecified atom stereocenters. The van der Waals surface area contributed by atoms with E-state index in [1.165, 1.54) is 23.1 Å². The van der Waals surface area contributed by atoms with Crippen LogP contribution in [-0.4, -0.2) is 64.9 Å². The molecule has 10 heteroatoms. The highest BCUT2D eigenvalue weighted by molar-refractivity contribution is 5.89.